The van der Waals surface area contributed by atoms with Crippen LogP contribution in [0.25, 0.3) is 0 Å². The highest BCUT2D eigenvalue weighted by atomic mass is 16.5. The molecule has 2 aromatic carbocycles. The molecule has 0 radical (unpaired) electrons. The number of rotatable bonds is 2. The SMILES string of the molecule is C=C(C)C(=O)Oc1cccc2c1C(=O)c1ccccc1C2=O. The van der Waals surface area contributed by atoms with Crippen molar-refractivity contribution in [2.75, 3.05) is 0 Å². The molecule has 0 heterocycles. The van der Waals surface area contributed by atoms with Gasteiger partial charge in [0.05, 0.1) is 5.56 Å². The van der Waals surface area contributed by atoms with E-state index >= 15 is 0 Å². The smallest absolute Gasteiger partial charge is 0.338 e. The third-order valence-corrected chi connectivity index (χ3v) is 3.47. The Hall–Kier alpha value is -3.01. The third-order valence-electron chi connectivity index (χ3n) is 3.47. The number of ether oxygens (including phenoxy) is 1. The molecule has 0 aliphatic heterocycles. The van der Waals surface area contributed by atoms with Crippen molar-refractivity contribution in [2.45, 2.75) is 6.92 Å². The van der Waals surface area contributed by atoms with E-state index in [4.69, 9.17) is 4.74 Å². The van der Waals surface area contributed by atoms with Crippen LogP contribution in [0.2, 0.25) is 0 Å². The van der Waals surface area contributed by atoms with Gasteiger partial charge in [0.15, 0.2) is 11.6 Å². The van der Waals surface area contributed by atoms with Gasteiger partial charge in [0.25, 0.3) is 0 Å². The first kappa shape index (κ1) is 13.9. The van der Waals surface area contributed by atoms with Gasteiger partial charge in [-0.05, 0) is 13.0 Å². The Labute approximate surface area is 127 Å². The van der Waals surface area contributed by atoms with Gasteiger partial charge in [-0.15, -0.1) is 0 Å². The lowest BCUT2D eigenvalue weighted by atomic mass is 9.83. The van der Waals surface area contributed by atoms with Crippen LogP contribution in [0.1, 0.15) is 38.8 Å². The molecule has 0 unspecified atom stereocenters. The van der Waals surface area contributed by atoms with Crippen LogP contribution in [-0.4, -0.2) is 17.5 Å². The van der Waals surface area contributed by atoms with E-state index in [0.29, 0.717) is 11.1 Å². The van der Waals surface area contributed by atoms with Crippen molar-refractivity contribution >= 4 is 17.5 Å². The molecule has 0 spiro atoms. The summed E-state index contributed by atoms with van der Waals surface area (Å²) in [4.78, 5) is 36.9. The number of carbonyl (C=O) groups excluding carboxylic acids is 3. The molecule has 3 rings (SSSR count). The van der Waals surface area contributed by atoms with Crippen molar-refractivity contribution in [1.29, 1.82) is 0 Å². The number of fused-ring (bicyclic) bond motifs is 2. The van der Waals surface area contributed by atoms with Gasteiger partial charge in [-0.25, -0.2) is 4.79 Å². The molecule has 0 saturated heterocycles. The summed E-state index contributed by atoms with van der Waals surface area (Å²) in [5.74, 6) is -1.13. The van der Waals surface area contributed by atoms with E-state index in [0.717, 1.165) is 0 Å². The second-order valence-corrected chi connectivity index (χ2v) is 5.05. The molecule has 0 aromatic heterocycles. The Morgan fingerprint density at radius 1 is 0.909 bits per heavy atom. The Balaban J connectivity index is 2.17. The van der Waals surface area contributed by atoms with Crippen LogP contribution in [0, 0.1) is 0 Å². The molecule has 22 heavy (non-hydrogen) atoms. The van der Waals surface area contributed by atoms with Gasteiger partial charge in [0.2, 0.25) is 0 Å². The van der Waals surface area contributed by atoms with Gasteiger partial charge >= 0.3 is 5.97 Å². The molecule has 0 bridgehead atoms. The number of hydrogen-bond acceptors (Lipinski definition) is 4. The van der Waals surface area contributed by atoms with Crippen LogP contribution in [0.15, 0.2) is 54.6 Å². The summed E-state index contributed by atoms with van der Waals surface area (Å²) in [5, 5.41) is 0. The lowest BCUT2D eigenvalue weighted by Gasteiger charge is -2.19. The first-order valence-corrected chi connectivity index (χ1v) is 6.70. The Bertz CT molecular complexity index is 846. The highest BCUT2D eigenvalue weighted by molar-refractivity contribution is 6.29. The second-order valence-electron chi connectivity index (χ2n) is 5.05. The van der Waals surface area contributed by atoms with Crippen molar-refractivity contribution in [3.05, 3.63) is 76.9 Å². The minimum absolute atomic E-state index is 0.0818. The predicted octanol–water partition coefficient (Wildman–Crippen LogP) is 2.94. The fraction of sp³-hybridized carbons (Fsp3) is 0.0556. The van der Waals surface area contributed by atoms with E-state index in [9.17, 15) is 14.4 Å². The second kappa shape index (κ2) is 5.07. The first-order chi connectivity index (χ1) is 10.5. The van der Waals surface area contributed by atoms with Gasteiger partial charge in [-0.2, -0.15) is 0 Å². The van der Waals surface area contributed by atoms with E-state index in [1.165, 1.54) is 13.0 Å². The zero-order valence-electron chi connectivity index (χ0n) is 11.9. The molecule has 1 aliphatic rings. The minimum atomic E-state index is -0.632. The predicted molar refractivity (Wildman–Crippen MR) is 80.2 cm³/mol. The Morgan fingerprint density at radius 2 is 1.50 bits per heavy atom. The quantitative estimate of drug-likeness (QED) is 0.414. The molecule has 0 fully saturated rings. The van der Waals surface area contributed by atoms with Crippen molar-refractivity contribution in [1.82, 2.24) is 0 Å². The molecule has 4 nitrogen and oxygen atoms in total. The average Bonchev–Trinajstić information content (AvgIpc) is 2.52. The molecule has 2 aromatic rings. The summed E-state index contributed by atoms with van der Waals surface area (Å²) in [6.45, 7) is 5.02. The standard InChI is InChI=1S/C18H12O4/c1-10(2)18(21)22-14-9-5-8-13-15(14)17(20)12-7-4-3-6-11(12)16(13)19/h3-9H,1H2,2H3. The van der Waals surface area contributed by atoms with E-state index in [1.54, 1.807) is 36.4 Å². The third kappa shape index (κ3) is 2.05. The summed E-state index contributed by atoms with van der Waals surface area (Å²) in [6, 6.07) is 11.2. The van der Waals surface area contributed by atoms with Crippen LogP contribution in [-0.2, 0) is 4.79 Å². The monoisotopic (exact) mass is 292 g/mol. The number of carbonyl (C=O) groups is 3. The Morgan fingerprint density at radius 3 is 2.14 bits per heavy atom. The summed E-state index contributed by atoms with van der Waals surface area (Å²) in [6.07, 6.45) is 0. The summed E-state index contributed by atoms with van der Waals surface area (Å²) in [7, 11) is 0. The number of hydrogen-bond donors (Lipinski definition) is 0. The number of benzene rings is 2. The molecule has 4 heteroatoms. The lowest BCUT2D eigenvalue weighted by Crippen LogP contribution is -2.22. The van der Waals surface area contributed by atoms with Gasteiger partial charge in [0, 0.05) is 22.3 Å². The minimum Gasteiger partial charge on any atom is -0.422 e. The maximum Gasteiger partial charge on any atom is 0.338 e. The zero-order chi connectivity index (χ0) is 15.9. The fourth-order valence-electron chi connectivity index (χ4n) is 2.39. The highest BCUT2D eigenvalue weighted by Crippen LogP contribution is 2.33. The fourth-order valence-corrected chi connectivity index (χ4v) is 2.39. The van der Waals surface area contributed by atoms with Crippen LogP contribution >= 0.6 is 0 Å². The van der Waals surface area contributed by atoms with Gasteiger partial charge in [-0.1, -0.05) is 43.0 Å². The van der Waals surface area contributed by atoms with Crippen LogP contribution in [0.3, 0.4) is 0 Å². The van der Waals surface area contributed by atoms with E-state index in [1.807, 2.05) is 0 Å². The highest BCUT2D eigenvalue weighted by Gasteiger charge is 2.32. The zero-order valence-corrected chi connectivity index (χ0v) is 11.9. The molecule has 0 saturated carbocycles. The summed E-state index contributed by atoms with van der Waals surface area (Å²) < 4.78 is 5.20. The molecule has 0 atom stereocenters. The van der Waals surface area contributed by atoms with Crippen molar-refractivity contribution in [3.63, 3.8) is 0 Å². The molecule has 0 N–H and O–H groups in total. The largest absolute Gasteiger partial charge is 0.422 e. The number of ketones is 2. The van der Waals surface area contributed by atoms with Gasteiger partial charge in [0.1, 0.15) is 5.75 Å². The van der Waals surface area contributed by atoms with Gasteiger partial charge in [-0.3, -0.25) is 9.59 Å². The average molecular weight is 292 g/mol. The van der Waals surface area contributed by atoms with Crippen molar-refractivity contribution in [3.8, 4) is 5.75 Å². The van der Waals surface area contributed by atoms with Gasteiger partial charge < -0.3 is 4.74 Å². The lowest BCUT2D eigenvalue weighted by molar-refractivity contribution is -0.130. The molecular formula is C18H12O4. The molecular weight excluding hydrogens is 280 g/mol. The van der Waals surface area contributed by atoms with Crippen LogP contribution in [0.4, 0.5) is 0 Å². The summed E-state index contributed by atoms with van der Waals surface area (Å²) >= 11 is 0. The van der Waals surface area contributed by atoms with Crippen molar-refractivity contribution < 1.29 is 19.1 Å². The molecule has 0 amide bonds. The topological polar surface area (TPSA) is 60.4 Å². The maximum atomic E-state index is 12.7. The maximum absolute atomic E-state index is 12.7. The van der Waals surface area contributed by atoms with E-state index < -0.39 is 5.97 Å². The molecule has 108 valence electrons. The normalized spacial score (nSPS) is 12.4. The number of esters is 1. The summed E-state index contributed by atoms with van der Waals surface area (Å²) in [5.41, 5.74) is 1.27. The Kier molecular flexibility index (Phi) is 3.22. The van der Waals surface area contributed by atoms with E-state index in [-0.39, 0.29) is 34.0 Å². The van der Waals surface area contributed by atoms with Crippen LogP contribution < -0.4 is 4.74 Å². The van der Waals surface area contributed by atoms with Crippen LogP contribution in [0.5, 0.6) is 5.75 Å². The molecule has 1 aliphatic carbocycles. The first-order valence-electron chi connectivity index (χ1n) is 6.70. The van der Waals surface area contributed by atoms with E-state index in [2.05, 4.69) is 6.58 Å². The van der Waals surface area contributed by atoms with Crippen molar-refractivity contribution in [2.24, 2.45) is 0 Å².